The maximum absolute atomic E-state index is 13.8. The van der Waals surface area contributed by atoms with Crippen LogP contribution in [0.3, 0.4) is 0 Å². The Kier molecular flexibility index (Phi) is 7.35. The summed E-state index contributed by atoms with van der Waals surface area (Å²) in [7, 11) is 0. The molecule has 0 aliphatic rings. The average molecular weight is 338 g/mol. The van der Waals surface area contributed by atoms with E-state index >= 15 is 0 Å². The molecular formula is C17H23FN2O4. The molecule has 0 aromatic heterocycles. The molecule has 2 amide bonds. The molecule has 0 heterocycles. The molecule has 0 fully saturated rings. The van der Waals surface area contributed by atoms with Gasteiger partial charge in [-0.3, -0.25) is 9.59 Å². The molecule has 1 rings (SSSR count). The number of nitrogens with one attached hydrogen (secondary N) is 2. The summed E-state index contributed by atoms with van der Waals surface area (Å²) >= 11 is 0. The minimum Gasteiger partial charge on any atom is -0.480 e. The molecule has 3 atom stereocenters. The van der Waals surface area contributed by atoms with Crippen molar-refractivity contribution >= 4 is 17.8 Å². The zero-order valence-corrected chi connectivity index (χ0v) is 14.0. The van der Waals surface area contributed by atoms with Gasteiger partial charge in [-0.2, -0.15) is 0 Å². The first kappa shape index (κ1) is 19.6. The van der Waals surface area contributed by atoms with E-state index in [-0.39, 0.29) is 17.9 Å². The molecule has 0 unspecified atom stereocenters. The van der Waals surface area contributed by atoms with Crippen molar-refractivity contribution in [1.29, 1.82) is 0 Å². The van der Waals surface area contributed by atoms with E-state index in [4.69, 9.17) is 0 Å². The van der Waals surface area contributed by atoms with Gasteiger partial charge in [-0.25, -0.2) is 9.18 Å². The van der Waals surface area contributed by atoms with Gasteiger partial charge in [0.15, 0.2) is 0 Å². The quantitative estimate of drug-likeness (QED) is 0.669. The van der Waals surface area contributed by atoms with Crippen molar-refractivity contribution in [3.05, 3.63) is 35.6 Å². The highest BCUT2D eigenvalue weighted by Crippen LogP contribution is 2.12. The molecule has 0 saturated heterocycles. The summed E-state index contributed by atoms with van der Waals surface area (Å²) in [6.45, 7) is 4.77. The molecule has 24 heavy (non-hydrogen) atoms. The Morgan fingerprint density at radius 3 is 2.33 bits per heavy atom. The number of benzene rings is 1. The zero-order chi connectivity index (χ0) is 18.3. The minimum atomic E-state index is -1.15. The Balaban J connectivity index is 2.94. The zero-order valence-electron chi connectivity index (χ0n) is 14.0. The highest BCUT2D eigenvalue weighted by molar-refractivity contribution is 5.90. The van der Waals surface area contributed by atoms with Crippen molar-refractivity contribution in [3.63, 3.8) is 0 Å². The van der Waals surface area contributed by atoms with Crippen LogP contribution in [0.5, 0.6) is 0 Å². The number of carbonyl (C=O) groups excluding carboxylic acids is 2. The third-order valence-electron chi connectivity index (χ3n) is 3.85. The summed E-state index contributed by atoms with van der Waals surface area (Å²) in [5.74, 6) is -3.02. The first-order valence-corrected chi connectivity index (χ1v) is 7.79. The molecule has 7 heteroatoms. The van der Waals surface area contributed by atoms with E-state index in [0.717, 1.165) is 0 Å². The van der Waals surface area contributed by atoms with Gasteiger partial charge in [0.25, 0.3) is 0 Å². The van der Waals surface area contributed by atoms with E-state index in [1.807, 2.05) is 6.92 Å². The van der Waals surface area contributed by atoms with Gasteiger partial charge in [0.2, 0.25) is 11.8 Å². The molecule has 1 aromatic carbocycles. The molecule has 0 radical (unpaired) electrons. The Morgan fingerprint density at radius 1 is 1.21 bits per heavy atom. The number of aliphatic carboxylic acids is 1. The van der Waals surface area contributed by atoms with Crippen molar-refractivity contribution in [3.8, 4) is 0 Å². The lowest BCUT2D eigenvalue weighted by atomic mass is 9.98. The molecule has 0 saturated carbocycles. The van der Waals surface area contributed by atoms with Crippen molar-refractivity contribution in [2.45, 2.75) is 45.7 Å². The van der Waals surface area contributed by atoms with E-state index in [0.29, 0.717) is 6.42 Å². The molecule has 0 aliphatic carbocycles. The smallest absolute Gasteiger partial charge is 0.326 e. The number of halogens is 1. The Bertz CT molecular complexity index is 606. The molecule has 0 spiro atoms. The minimum absolute atomic E-state index is 0.0646. The number of amides is 2. The van der Waals surface area contributed by atoms with Crippen LogP contribution in [-0.4, -0.2) is 35.0 Å². The van der Waals surface area contributed by atoms with Crippen LogP contribution in [0.4, 0.5) is 4.39 Å². The van der Waals surface area contributed by atoms with E-state index in [9.17, 15) is 23.9 Å². The highest BCUT2D eigenvalue weighted by Gasteiger charge is 2.29. The molecule has 1 aromatic rings. The van der Waals surface area contributed by atoms with Crippen LogP contribution in [0, 0.1) is 11.7 Å². The maximum Gasteiger partial charge on any atom is 0.326 e. The van der Waals surface area contributed by atoms with Crippen LogP contribution in [0.1, 0.15) is 32.8 Å². The van der Waals surface area contributed by atoms with E-state index < -0.39 is 35.7 Å². The molecular weight excluding hydrogens is 315 g/mol. The lowest BCUT2D eigenvalue weighted by Crippen LogP contribution is -2.53. The number of hydrogen-bond acceptors (Lipinski definition) is 3. The van der Waals surface area contributed by atoms with Crippen LogP contribution in [0.15, 0.2) is 24.3 Å². The fourth-order valence-electron chi connectivity index (χ4n) is 2.28. The summed E-state index contributed by atoms with van der Waals surface area (Å²) in [4.78, 5) is 35.1. The van der Waals surface area contributed by atoms with Crippen LogP contribution < -0.4 is 10.6 Å². The molecule has 0 bridgehead atoms. The third kappa shape index (κ3) is 5.64. The molecule has 0 aliphatic heterocycles. The molecule has 132 valence electrons. The summed E-state index contributed by atoms with van der Waals surface area (Å²) in [5.41, 5.74) is 0.266. The summed E-state index contributed by atoms with van der Waals surface area (Å²) in [6, 6.07) is 3.80. The maximum atomic E-state index is 13.8. The van der Waals surface area contributed by atoms with E-state index in [1.54, 1.807) is 13.0 Å². The summed E-state index contributed by atoms with van der Waals surface area (Å²) in [6.07, 6.45) is 0.500. The van der Waals surface area contributed by atoms with Gasteiger partial charge in [-0.05, 0) is 17.5 Å². The Morgan fingerprint density at radius 2 is 1.83 bits per heavy atom. The fraction of sp³-hybridized carbons (Fsp3) is 0.471. The van der Waals surface area contributed by atoms with Crippen LogP contribution in [0.25, 0.3) is 0 Å². The van der Waals surface area contributed by atoms with Crippen LogP contribution >= 0.6 is 0 Å². The van der Waals surface area contributed by atoms with Crippen molar-refractivity contribution in [2.24, 2.45) is 5.92 Å². The van der Waals surface area contributed by atoms with Crippen molar-refractivity contribution < 1.29 is 23.9 Å². The summed E-state index contributed by atoms with van der Waals surface area (Å²) < 4.78 is 13.8. The predicted molar refractivity (Wildman–Crippen MR) is 86.7 cm³/mol. The second kappa shape index (κ2) is 9.00. The Hall–Kier alpha value is -2.44. The Labute approximate surface area is 140 Å². The van der Waals surface area contributed by atoms with Gasteiger partial charge in [-0.1, -0.05) is 38.5 Å². The predicted octanol–water partition coefficient (Wildman–Crippen LogP) is 1.49. The van der Waals surface area contributed by atoms with Gasteiger partial charge in [0, 0.05) is 13.3 Å². The van der Waals surface area contributed by atoms with Gasteiger partial charge < -0.3 is 15.7 Å². The van der Waals surface area contributed by atoms with Gasteiger partial charge >= 0.3 is 5.97 Å². The number of rotatable bonds is 8. The van der Waals surface area contributed by atoms with E-state index in [1.165, 1.54) is 25.1 Å². The first-order valence-electron chi connectivity index (χ1n) is 7.79. The number of carboxylic acids is 1. The topological polar surface area (TPSA) is 95.5 Å². The number of hydrogen-bond donors (Lipinski definition) is 3. The second-order valence-corrected chi connectivity index (χ2v) is 5.76. The van der Waals surface area contributed by atoms with Crippen LogP contribution in [0.2, 0.25) is 0 Å². The average Bonchev–Trinajstić information content (AvgIpc) is 2.52. The monoisotopic (exact) mass is 338 g/mol. The first-order chi connectivity index (χ1) is 11.3. The molecule has 6 nitrogen and oxygen atoms in total. The van der Waals surface area contributed by atoms with E-state index in [2.05, 4.69) is 10.6 Å². The fourth-order valence-corrected chi connectivity index (χ4v) is 2.28. The largest absolute Gasteiger partial charge is 0.480 e. The van der Waals surface area contributed by atoms with Gasteiger partial charge in [0.05, 0.1) is 0 Å². The van der Waals surface area contributed by atoms with Crippen molar-refractivity contribution in [1.82, 2.24) is 10.6 Å². The summed E-state index contributed by atoms with van der Waals surface area (Å²) in [5, 5.41) is 14.1. The van der Waals surface area contributed by atoms with Gasteiger partial charge in [0.1, 0.15) is 17.9 Å². The van der Waals surface area contributed by atoms with Crippen molar-refractivity contribution in [2.75, 3.05) is 0 Å². The third-order valence-corrected chi connectivity index (χ3v) is 3.85. The normalized spacial score (nSPS) is 14.3. The SMILES string of the molecule is CC[C@@H](C)[C@H](NC(=O)[C@H](Cc1ccccc1F)NC(C)=O)C(=O)O. The lowest BCUT2D eigenvalue weighted by Gasteiger charge is -2.24. The standard InChI is InChI=1S/C17H23FN2O4/c1-4-10(2)15(17(23)24)20-16(22)14(19-11(3)21)9-12-7-5-6-8-13(12)18/h5-8,10,14-15H,4,9H2,1-3H3,(H,19,21)(H,20,22)(H,23,24)/t10-,14+,15+/m1/s1. The second-order valence-electron chi connectivity index (χ2n) is 5.76. The van der Waals surface area contributed by atoms with Crippen LogP contribution in [-0.2, 0) is 20.8 Å². The number of carboxylic acid groups (broad SMARTS) is 1. The highest BCUT2D eigenvalue weighted by atomic mass is 19.1. The molecule has 3 N–H and O–H groups in total. The van der Waals surface area contributed by atoms with Gasteiger partial charge in [-0.15, -0.1) is 0 Å². The lowest BCUT2D eigenvalue weighted by molar-refractivity contribution is -0.143. The number of carbonyl (C=O) groups is 3.